The quantitative estimate of drug-likeness (QED) is 0.797. The standard InChI is InChI=1S/C20H29N3O2.ClH/c1-2-6-18(22-19(24)13-15-7-4-3-5-8-15)20(25)23-12-11-16-9-10-17(14-23)21-16;/h3-5,7-8,16-18,21H,2,6,9-14H2,1H3,(H,22,24);1H. The molecule has 2 fully saturated rings. The Labute approximate surface area is 162 Å². The van der Waals surface area contributed by atoms with Crippen molar-refractivity contribution >= 4 is 24.2 Å². The van der Waals surface area contributed by atoms with Gasteiger partial charge < -0.3 is 15.5 Å². The maximum atomic E-state index is 13.0. The number of hydrogen-bond donors (Lipinski definition) is 2. The van der Waals surface area contributed by atoms with Crippen LogP contribution >= 0.6 is 12.4 Å². The topological polar surface area (TPSA) is 61.4 Å². The fourth-order valence-electron chi connectivity index (χ4n) is 3.94. The summed E-state index contributed by atoms with van der Waals surface area (Å²) in [5, 5.41) is 6.58. The summed E-state index contributed by atoms with van der Waals surface area (Å²) in [6, 6.07) is 10.2. The van der Waals surface area contributed by atoms with Crippen molar-refractivity contribution in [3.05, 3.63) is 35.9 Å². The van der Waals surface area contributed by atoms with Crippen LogP contribution in [0.3, 0.4) is 0 Å². The Bertz CT molecular complexity index is 596. The van der Waals surface area contributed by atoms with Crippen LogP contribution in [0.15, 0.2) is 30.3 Å². The molecule has 5 nitrogen and oxygen atoms in total. The third-order valence-corrected chi connectivity index (χ3v) is 5.25. The van der Waals surface area contributed by atoms with Crippen molar-refractivity contribution < 1.29 is 9.59 Å². The Balaban J connectivity index is 0.00000243. The number of rotatable bonds is 6. The van der Waals surface area contributed by atoms with Gasteiger partial charge in [0.15, 0.2) is 0 Å². The number of halogens is 1. The first-order valence-corrected chi connectivity index (χ1v) is 9.54. The van der Waals surface area contributed by atoms with Crippen LogP contribution in [0, 0.1) is 0 Å². The van der Waals surface area contributed by atoms with Crippen LogP contribution in [0.5, 0.6) is 0 Å². The Hall–Kier alpha value is -1.59. The van der Waals surface area contributed by atoms with E-state index in [4.69, 9.17) is 0 Å². The normalized spacial score (nSPS) is 22.9. The third-order valence-electron chi connectivity index (χ3n) is 5.25. The fraction of sp³-hybridized carbons (Fsp3) is 0.600. The third kappa shape index (κ3) is 5.45. The molecule has 1 aromatic rings. The second-order valence-corrected chi connectivity index (χ2v) is 7.28. The molecule has 0 spiro atoms. The zero-order valence-electron chi connectivity index (χ0n) is 15.4. The highest BCUT2D eigenvalue weighted by atomic mass is 35.5. The van der Waals surface area contributed by atoms with Crippen molar-refractivity contribution in [1.29, 1.82) is 0 Å². The summed E-state index contributed by atoms with van der Waals surface area (Å²) in [4.78, 5) is 27.3. The Morgan fingerprint density at radius 2 is 1.92 bits per heavy atom. The molecule has 3 atom stereocenters. The number of amides is 2. The molecule has 3 unspecified atom stereocenters. The van der Waals surface area contributed by atoms with Crippen LogP contribution in [0.25, 0.3) is 0 Å². The summed E-state index contributed by atoms with van der Waals surface area (Å²) in [5.74, 6) is 0.00470. The molecule has 2 N–H and O–H groups in total. The lowest BCUT2D eigenvalue weighted by Gasteiger charge is -2.29. The molecule has 0 saturated carbocycles. The maximum Gasteiger partial charge on any atom is 0.245 e. The zero-order valence-corrected chi connectivity index (χ0v) is 16.3. The first-order chi connectivity index (χ1) is 12.2. The summed E-state index contributed by atoms with van der Waals surface area (Å²) < 4.78 is 0. The minimum absolute atomic E-state index is 0. The molecule has 2 amide bonds. The second-order valence-electron chi connectivity index (χ2n) is 7.28. The van der Waals surface area contributed by atoms with Gasteiger partial charge in [-0.3, -0.25) is 9.59 Å². The van der Waals surface area contributed by atoms with Crippen LogP contribution < -0.4 is 10.6 Å². The van der Waals surface area contributed by atoms with Gasteiger partial charge in [-0.2, -0.15) is 0 Å². The fourth-order valence-corrected chi connectivity index (χ4v) is 3.94. The number of benzene rings is 1. The van der Waals surface area contributed by atoms with Crippen LogP contribution in [-0.2, 0) is 16.0 Å². The van der Waals surface area contributed by atoms with E-state index >= 15 is 0 Å². The lowest BCUT2D eigenvalue weighted by atomic mass is 10.1. The smallest absolute Gasteiger partial charge is 0.245 e. The summed E-state index contributed by atoms with van der Waals surface area (Å²) in [7, 11) is 0. The molecule has 0 aliphatic carbocycles. The number of carbonyl (C=O) groups is 2. The van der Waals surface area contributed by atoms with Crippen molar-refractivity contribution in [1.82, 2.24) is 15.5 Å². The van der Waals surface area contributed by atoms with Gasteiger partial charge in [-0.25, -0.2) is 0 Å². The van der Waals surface area contributed by atoms with E-state index in [0.717, 1.165) is 37.9 Å². The van der Waals surface area contributed by atoms with Crippen LogP contribution in [0.2, 0.25) is 0 Å². The van der Waals surface area contributed by atoms with Crippen LogP contribution in [-0.4, -0.2) is 47.9 Å². The van der Waals surface area contributed by atoms with E-state index in [1.165, 1.54) is 6.42 Å². The molecule has 3 rings (SSSR count). The predicted octanol–water partition coefficient (Wildman–Crippen LogP) is 2.29. The predicted molar refractivity (Wildman–Crippen MR) is 105 cm³/mol. The van der Waals surface area contributed by atoms with Crippen LogP contribution in [0.4, 0.5) is 0 Å². The molecule has 1 aromatic carbocycles. The minimum atomic E-state index is -0.405. The Morgan fingerprint density at radius 3 is 2.65 bits per heavy atom. The zero-order chi connectivity index (χ0) is 17.6. The van der Waals surface area contributed by atoms with Gasteiger partial charge in [0, 0.05) is 25.2 Å². The maximum absolute atomic E-state index is 13.0. The van der Waals surface area contributed by atoms with Gasteiger partial charge in [-0.1, -0.05) is 43.7 Å². The highest BCUT2D eigenvalue weighted by Crippen LogP contribution is 2.21. The summed E-state index contributed by atoms with van der Waals surface area (Å²) in [6.45, 7) is 3.61. The van der Waals surface area contributed by atoms with E-state index < -0.39 is 6.04 Å². The minimum Gasteiger partial charge on any atom is -0.344 e. The number of nitrogens with one attached hydrogen (secondary N) is 2. The monoisotopic (exact) mass is 379 g/mol. The first kappa shape index (κ1) is 20.7. The first-order valence-electron chi connectivity index (χ1n) is 9.54. The highest BCUT2D eigenvalue weighted by Gasteiger charge is 2.33. The molecule has 2 heterocycles. The molecular weight excluding hydrogens is 350 g/mol. The van der Waals surface area contributed by atoms with E-state index in [9.17, 15) is 9.59 Å². The molecule has 0 radical (unpaired) electrons. The highest BCUT2D eigenvalue weighted by molar-refractivity contribution is 5.88. The van der Waals surface area contributed by atoms with Crippen molar-refractivity contribution in [3.8, 4) is 0 Å². The largest absolute Gasteiger partial charge is 0.344 e. The SMILES string of the molecule is CCCC(NC(=O)Cc1ccccc1)C(=O)N1CCC2CCC(C1)N2.Cl. The van der Waals surface area contributed by atoms with E-state index in [-0.39, 0.29) is 24.2 Å². The summed E-state index contributed by atoms with van der Waals surface area (Å²) in [6.07, 6.45) is 5.27. The van der Waals surface area contributed by atoms with Gasteiger partial charge in [0.05, 0.1) is 6.42 Å². The average Bonchev–Trinajstić information content (AvgIpc) is 2.93. The van der Waals surface area contributed by atoms with Crippen molar-refractivity contribution in [2.24, 2.45) is 0 Å². The van der Waals surface area contributed by atoms with Crippen LogP contribution in [0.1, 0.15) is 44.6 Å². The molecule has 26 heavy (non-hydrogen) atoms. The number of carbonyl (C=O) groups excluding carboxylic acids is 2. The Morgan fingerprint density at radius 1 is 1.19 bits per heavy atom. The van der Waals surface area contributed by atoms with E-state index in [2.05, 4.69) is 17.6 Å². The van der Waals surface area contributed by atoms with Gasteiger partial charge >= 0.3 is 0 Å². The number of likely N-dealkylation sites (tertiary alicyclic amines) is 1. The number of nitrogens with zero attached hydrogens (tertiary/aromatic N) is 1. The lowest BCUT2D eigenvalue weighted by Crippen LogP contribution is -2.51. The van der Waals surface area contributed by atoms with Crippen molar-refractivity contribution in [2.75, 3.05) is 13.1 Å². The average molecular weight is 380 g/mol. The Kier molecular flexibility index (Phi) is 7.91. The molecule has 2 aliphatic heterocycles. The molecule has 0 aromatic heterocycles. The van der Waals surface area contributed by atoms with E-state index in [1.54, 1.807) is 0 Å². The summed E-state index contributed by atoms with van der Waals surface area (Å²) >= 11 is 0. The molecule has 2 bridgehead atoms. The van der Waals surface area contributed by atoms with Gasteiger partial charge in [0.2, 0.25) is 11.8 Å². The number of fused-ring (bicyclic) bond motifs is 2. The van der Waals surface area contributed by atoms with E-state index in [1.807, 2.05) is 35.2 Å². The number of hydrogen-bond acceptors (Lipinski definition) is 3. The molecule has 2 aliphatic rings. The van der Waals surface area contributed by atoms with Gasteiger partial charge in [0.25, 0.3) is 0 Å². The summed E-state index contributed by atoms with van der Waals surface area (Å²) in [5.41, 5.74) is 0.971. The van der Waals surface area contributed by atoms with Gasteiger partial charge in [-0.15, -0.1) is 12.4 Å². The van der Waals surface area contributed by atoms with Gasteiger partial charge in [0.1, 0.15) is 6.04 Å². The molecule has 6 heteroatoms. The van der Waals surface area contributed by atoms with Gasteiger partial charge in [-0.05, 0) is 31.2 Å². The molecule has 2 saturated heterocycles. The lowest BCUT2D eigenvalue weighted by molar-refractivity contribution is -0.136. The van der Waals surface area contributed by atoms with Crippen molar-refractivity contribution in [2.45, 2.75) is 63.6 Å². The second kappa shape index (κ2) is 9.93. The molecular formula is C20H30ClN3O2. The van der Waals surface area contributed by atoms with Crippen molar-refractivity contribution in [3.63, 3.8) is 0 Å². The van der Waals surface area contributed by atoms with E-state index in [0.29, 0.717) is 24.9 Å². The molecule has 144 valence electrons.